The first-order chi connectivity index (χ1) is 8.80. The van der Waals surface area contributed by atoms with E-state index in [9.17, 15) is 9.00 Å². The maximum Gasteiger partial charge on any atom is 0.285 e. The van der Waals surface area contributed by atoms with Gasteiger partial charge in [0.2, 0.25) is 0 Å². The van der Waals surface area contributed by atoms with Gasteiger partial charge in [0.1, 0.15) is 0 Å². The summed E-state index contributed by atoms with van der Waals surface area (Å²) in [6, 6.07) is 8.73. The van der Waals surface area contributed by atoms with Crippen molar-refractivity contribution in [1.82, 2.24) is 0 Å². The molecular weight excluding hydrogens is 258 g/mol. The van der Waals surface area contributed by atoms with E-state index >= 15 is 0 Å². The molecule has 0 bridgehead atoms. The largest absolute Gasteiger partial charge is 0.285 e. The van der Waals surface area contributed by atoms with E-state index in [-0.39, 0.29) is 0 Å². The molecule has 0 fully saturated rings. The summed E-state index contributed by atoms with van der Waals surface area (Å²) in [6.07, 6.45) is 2.29. The minimum atomic E-state index is -2.61. The van der Waals surface area contributed by atoms with Gasteiger partial charge in [0.25, 0.3) is 5.91 Å². The van der Waals surface area contributed by atoms with E-state index in [2.05, 4.69) is 10.9 Å². The Morgan fingerprint density at radius 3 is 2.37 bits per heavy atom. The Labute approximate surface area is 115 Å². The summed E-state index contributed by atoms with van der Waals surface area (Å²) < 4.78 is 16.4. The lowest BCUT2D eigenvalue weighted by Crippen LogP contribution is -2.31. The van der Waals surface area contributed by atoms with Crippen LogP contribution in [0.3, 0.4) is 0 Å². The molecule has 0 saturated heterocycles. The van der Waals surface area contributed by atoms with Crippen molar-refractivity contribution in [3.05, 3.63) is 48.6 Å². The van der Waals surface area contributed by atoms with Crippen molar-refractivity contribution in [3.63, 3.8) is 0 Å². The van der Waals surface area contributed by atoms with Gasteiger partial charge in [-0.3, -0.25) is 4.79 Å². The molecule has 0 N–H and O–H groups in total. The molecule has 0 aliphatic carbocycles. The predicted octanol–water partition coefficient (Wildman–Crippen LogP) is 3.67. The SMILES string of the molecule is C=CCCS(=O)(=NC(=O)c1ccccc1)C(C)(C)C. The molecule has 3 nitrogen and oxygen atoms in total. The van der Waals surface area contributed by atoms with Crippen LogP contribution in [-0.2, 0) is 9.73 Å². The molecule has 1 aromatic rings. The second-order valence-electron chi connectivity index (χ2n) is 5.30. The Morgan fingerprint density at radius 2 is 1.89 bits per heavy atom. The number of hydrogen-bond acceptors (Lipinski definition) is 2. The van der Waals surface area contributed by atoms with Gasteiger partial charge in [0, 0.05) is 16.1 Å². The quantitative estimate of drug-likeness (QED) is 0.789. The Hall–Kier alpha value is -1.42. The smallest absolute Gasteiger partial charge is 0.266 e. The number of amides is 1. The van der Waals surface area contributed by atoms with Gasteiger partial charge in [-0.2, -0.15) is 4.36 Å². The number of allylic oxidation sites excluding steroid dienone is 1. The van der Waals surface area contributed by atoms with Gasteiger partial charge in [-0.05, 0) is 39.3 Å². The van der Waals surface area contributed by atoms with Crippen LogP contribution in [-0.4, -0.2) is 20.6 Å². The second-order valence-corrected chi connectivity index (χ2v) is 8.39. The van der Waals surface area contributed by atoms with Crippen molar-refractivity contribution in [3.8, 4) is 0 Å². The minimum Gasteiger partial charge on any atom is -0.266 e. The number of carbonyl (C=O) groups is 1. The number of nitrogens with zero attached hydrogens (tertiary/aromatic N) is 1. The van der Waals surface area contributed by atoms with E-state index < -0.39 is 20.4 Å². The van der Waals surface area contributed by atoms with Crippen LogP contribution in [0, 0.1) is 0 Å². The van der Waals surface area contributed by atoms with Gasteiger partial charge in [-0.15, -0.1) is 6.58 Å². The molecule has 1 aromatic carbocycles. The van der Waals surface area contributed by atoms with Gasteiger partial charge in [0.05, 0.1) is 9.73 Å². The van der Waals surface area contributed by atoms with Crippen molar-refractivity contribution in [2.75, 3.05) is 5.75 Å². The summed E-state index contributed by atoms with van der Waals surface area (Å²) in [7, 11) is -2.61. The summed E-state index contributed by atoms with van der Waals surface area (Å²) in [5, 5.41) is 0. The Bertz CT molecular complexity index is 562. The highest BCUT2D eigenvalue weighted by atomic mass is 32.2. The van der Waals surface area contributed by atoms with Gasteiger partial charge >= 0.3 is 0 Å². The van der Waals surface area contributed by atoms with E-state index in [0.717, 1.165) is 0 Å². The molecule has 0 aliphatic heterocycles. The molecule has 1 atom stereocenters. The van der Waals surface area contributed by atoms with Gasteiger partial charge in [-0.1, -0.05) is 24.3 Å². The zero-order valence-corrected chi connectivity index (χ0v) is 12.6. The lowest BCUT2D eigenvalue weighted by atomic mass is 10.2. The fraction of sp³-hybridized carbons (Fsp3) is 0.400. The molecule has 19 heavy (non-hydrogen) atoms. The van der Waals surface area contributed by atoms with Crippen molar-refractivity contribution in [1.29, 1.82) is 0 Å². The summed E-state index contributed by atoms with van der Waals surface area (Å²) in [4.78, 5) is 12.1. The van der Waals surface area contributed by atoms with Crippen LogP contribution in [0.4, 0.5) is 0 Å². The molecule has 1 amide bonds. The van der Waals surface area contributed by atoms with E-state index in [1.165, 1.54) is 0 Å². The molecule has 0 heterocycles. The summed E-state index contributed by atoms with van der Waals surface area (Å²) >= 11 is 0. The van der Waals surface area contributed by atoms with Crippen LogP contribution < -0.4 is 0 Å². The topological polar surface area (TPSA) is 46.5 Å². The number of hydrogen-bond donors (Lipinski definition) is 0. The molecule has 1 rings (SSSR count). The third-order valence-electron chi connectivity index (χ3n) is 2.81. The van der Waals surface area contributed by atoms with Gasteiger partial charge < -0.3 is 0 Å². The first-order valence-corrected chi connectivity index (χ1v) is 7.93. The highest BCUT2D eigenvalue weighted by molar-refractivity contribution is 7.95. The summed E-state index contributed by atoms with van der Waals surface area (Å²) in [6.45, 7) is 9.17. The van der Waals surface area contributed by atoms with E-state index in [0.29, 0.717) is 17.7 Å². The van der Waals surface area contributed by atoms with Crippen LogP contribution in [0.15, 0.2) is 47.3 Å². The van der Waals surface area contributed by atoms with Crippen molar-refractivity contribution in [2.45, 2.75) is 31.9 Å². The standard InChI is InChI=1S/C15H21NO2S/c1-5-6-12-19(18,15(2,3)4)16-14(17)13-10-8-7-9-11-13/h5,7-11H,1,6,12H2,2-4H3. The van der Waals surface area contributed by atoms with Crippen molar-refractivity contribution >= 4 is 15.6 Å². The first kappa shape index (κ1) is 15.6. The molecule has 0 radical (unpaired) electrons. The highest BCUT2D eigenvalue weighted by Crippen LogP contribution is 2.21. The fourth-order valence-electron chi connectivity index (χ4n) is 1.50. The Balaban J connectivity index is 3.19. The number of rotatable bonds is 4. The number of benzene rings is 1. The lowest BCUT2D eigenvalue weighted by molar-refractivity contribution is 0.100. The second kappa shape index (κ2) is 6.15. The maximum absolute atomic E-state index is 12.9. The van der Waals surface area contributed by atoms with Gasteiger partial charge in [0.15, 0.2) is 0 Å². The van der Waals surface area contributed by atoms with E-state index in [4.69, 9.17) is 0 Å². The van der Waals surface area contributed by atoms with E-state index in [1.54, 1.807) is 30.3 Å². The summed E-state index contributed by atoms with van der Waals surface area (Å²) in [5.41, 5.74) is 0.470. The third-order valence-corrected chi connectivity index (χ3v) is 5.97. The van der Waals surface area contributed by atoms with Crippen LogP contribution in [0.5, 0.6) is 0 Å². The predicted molar refractivity (Wildman–Crippen MR) is 80.8 cm³/mol. The molecule has 104 valence electrons. The van der Waals surface area contributed by atoms with Crippen LogP contribution in [0.1, 0.15) is 37.6 Å². The molecule has 0 aliphatic rings. The average molecular weight is 279 g/mol. The molecule has 0 aromatic heterocycles. The normalized spacial score (nSPS) is 14.5. The molecule has 1 unspecified atom stereocenters. The van der Waals surface area contributed by atoms with Crippen molar-refractivity contribution < 1.29 is 9.00 Å². The van der Waals surface area contributed by atoms with Crippen molar-refractivity contribution in [2.24, 2.45) is 4.36 Å². The molecular formula is C15H21NO2S. The minimum absolute atomic E-state index is 0.360. The van der Waals surface area contributed by atoms with Gasteiger partial charge in [-0.25, -0.2) is 4.21 Å². The highest BCUT2D eigenvalue weighted by Gasteiger charge is 2.27. The maximum atomic E-state index is 12.9. The molecule has 0 saturated carbocycles. The fourth-order valence-corrected chi connectivity index (χ4v) is 3.34. The lowest BCUT2D eigenvalue weighted by Gasteiger charge is -2.23. The molecule has 4 heteroatoms. The van der Waals surface area contributed by atoms with Crippen LogP contribution in [0.2, 0.25) is 0 Å². The zero-order valence-electron chi connectivity index (χ0n) is 11.8. The van der Waals surface area contributed by atoms with Crippen LogP contribution in [0.25, 0.3) is 0 Å². The Kier molecular flexibility index (Phi) is 5.06. The van der Waals surface area contributed by atoms with E-state index in [1.807, 2.05) is 26.8 Å². The summed E-state index contributed by atoms with van der Waals surface area (Å²) in [5.74, 6) is -0.0527. The Morgan fingerprint density at radius 1 is 1.32 bits per heavy atom. The zero-order chi connectivity index (χ0) is 14.5. The monoisotopic (exact) mass is 279 g/mol. The first-order valence-electron chi connectivity index (χ1n) is 6.25. The average Bonchev–Trinajstić information content (AvgIpc) is 2.36. The van der Waals surface area contributed by atoms with Crippen LogP contribution >= 0.6 is 0 Å². The number of carbonyl (C=O) groups excluding carboxylic acids is 1. The third kappa shape index (κ3) is 4.03. The molecule has 0 spiro atoms.